The SMILES string of the molecule is CCCCCN(CCO)CC(=O)Nc1ccccc1F. The Kier molecular flexibility index (Phi) is 7.84. The molecule has 0 aliphatic carbocycles. The van der Waals surface area contributed by atoms with Crippen LogP contribution in [-0.4, -0.2) is 42.2 Å². The van der Waals surface area contributed by atoms with Crippen LogP contribution < -0.4 is 5.32 Å². The second kappa shape index (κ2) is 9.44. The smallest absolute Gasteiger partial charge is 0.238 e. The van der Waals surface area contributed by atoms with Gasteiger partial charge in [-0.25, -0.2) is 4.39 Å². The molecule has 4 nitrogen and oxygen atoms in total. The van der Waals surface area contributed by atoms with Crippen molar-refractivity contribution in [2.75, 3.05) is 31.6 Å². The van der Waals surface area contributed by atoms with Gasteiger partial charge in [0.1, 0.15) is 5.82 Å². The number of anilines is 1. The maximum absolute atomic E-state index is 13.4. The molecule has 5 heteroatoms. The third-order valence-corrected chi connectivity index (χ3v) is 3.01. The number of carbonyl (C=O) groups is 1. The normalized spacial score (nSPS) is 10.8. The van der Waals surface area contributed by atoms with Crippen molar-refractivity contribution in [1.29, 1.82) is 0 Å². The molecule has 0 spiro atoms. The van der Waals surface area contributed by atoms with Gasteiger partial charge in [0.15, 0.2) is 0 Å². The Morgan fingerprint density at radius 1 is 1.30 bits per heavy atom. The van der Waals surface area contributed by atoms with E-state index in [0.29, 0.717) is 6.54 Å². The van der Waals surface area contributed by atoms with Gasteiger partial charge in [-0.1, -0.05) is 31.9 Å². The molecule has 1 rings (SSSR count). The number of benzene rings is 1. The summed E-state index contributed by atoms with van der Waals surface area (Å²) in [5, 5.41) is 11.6. The Hall–Kier alpha value is -1.46. The van der Waals surface area contributed by atoms with Crippen LogP contribution in [-0.2, 0) is 4.79 Å². The molecule has 0 atom stereocenters. The zero-order chi connectivity index (χ0) is 14.8. The van der Waals surface area contributed by atoms with E-state index in [4.69, 9.17) is 5.11 Å². The molecule has 2 N–H and O–H groups in total. The van der Waals surface area contributed by atoms with Crippen LogP contribution in [0.5, 0.6) is 0 Å². The standard InChI is InChI=1S/C15H23FN2O2/c1-2-3-6-9-18(10-11-19)12-15(20)17-14-8-5-4-7-13(14)16/h4-5,7-8,19H,2-3,6,9-12H2,1H3,(H,17,20). The number of aliphatic hydroxyl groups is 1. The molecule has 0 aromatic heterocycles. The number of rotatable bonds is 9. The van der Waals surface area contributed by atoms with Crippen LogP contribution in [0.25, 0.3) is 0 Å². The van der Waals surface area contributed by atoms with Crippen LogP contribution >= 0.6 is 0 Å². The van der Waals surface area contributed by atoms with E-state index in [-0.39, 0.29) is 24.7 Å². The molecule has 0 bridgehead atoms. The van der Waals surface area contributed by atoms with E-state index in [9.17, 15) is 9.18 Å². The highest BCUT2D eigenvalue weighted by Gasteiger charge is 2.11. The lowest BCUT2D eigenvalue weighted by molar-refractivity contribution is -0.117. The number of amides is 1. The summed E-state index contributed by atoms with van der Waals surface area (Å²) in [5.74, 6) is -0.708. The monoisotopic (exact) mass is 282 g/mol. The van der Waals surface area contributed by atoms with Crippen molar-refractivity contribution in [3.8, 4) is 0 Å². The van der Waals surface area contributed by atoms with E-state index in [1.54, 1.807) is 12.1 Å². The second-order valence-electron chi connectivity index (χ2n) is 4.73. The minimum Gasteiger partial charge on any atom is -0.395 e. The maximum Gasteiger partial charge on any atom is 0.238 e. The van der Waals surface area contributed by atoms with E-state index >= 15 is 0 Å². The molecule has 0 saturated heterocycles. The first kappa shape index (κ1) is 16.6. The average molecular weight is 282 g/mol. The van der Waals surface area contributed by atoms with Crippen molar-refractivity contribution in [3.63, 3.8) is 0 Å². The van der Waals surface area contributed by atoms with Crippen LogP contribution in [0.1, 0.15) is 26.2 Å². The molecule has 0 aliphatic rings. The fraction of sp³-hybridized carbons (Fsp3) is 0.533. The fourth-order valence-corrected chi connectivity index (χ4v) is 1.95. The number of aliphatic hydroxyl groups excluding tert-OH is 1. The predicted molar refractivity (Wildman–Crippen MR) is 78.1 cm³/mol. The highest BCUT2D eigenvalue weighted by molar-refractivity contribution is 5.92. The van der Waals surface area contributed by atoms with Crippen LogP contribution in [0.2, 0.25) is 0 Å². The lowest BCUT2D eigenvalue weighted by atomic mass is 10.2. The van der Waals surface area contributed by atoms with Gasteiger partial charge in [-0.15, -0.1) is 0 Å². The number of hydrogen-bond donors (Lipinski definition) is 2. The first-order valence-electron chi connectivity index (χ1n) is 7.05. The molecule has 0 unspecified atom stereocenters. The summed E-state index contributed by atoms with van der Waals surface area (Å²) in [5.41, 5.74) is 0.190. The highest BCUT2D eigenvalue weighted by atomic mass is 19.1. The molecule has 112 valence electrons. The number of para-hydroxylation sites is 1. The highest BCUT2D eigenvalue weighted by Crippen LogP contribution is 2.12. The Bertz CT molecular complexity index is 413. The molecule has 20 heavy (non-hydrogen) atoms. The average Bonchev–Trinajstić information content (AvgIpc) is 2.42. The Labute approximate surface area is 119 Å². The predicted octanol–water partition coefficient (Wildman–Crippen LogP) is 2.25. The molecule has 0 heterocycles. The molecular formula is C15H23FN2O2. The van der Waals surface area contributed by atoms with Crippen molar-refractivity contribution in [2.45, 2.75) is 26.2 Å². The van der Waals surface area contributed by atoms with Crippen molar-refractivity contribution in [2.24, 2.45) is 0 Å². The number of halogens is 1. The molecule has 0 radical (unpaired) electrons. The lowest BCUT2D eigenvalue weighted by Gasteiger charge is -2.20. The number of nitrogens with zero attached hydrogens (tertiary/aromatic N) is 1. The Morgan fingerprint density at radius 2 is 2.05 bits per heavy atom. The van der Waals surface area contributed by atoms with Gasteiger partial charge in [0.05, 0.1) is 18.8 Å². The van der Waals surface area contributed by atoms with Gasteiger partial charge in [0.2, 0.25) is 5.91 Å². The van der Waals surface area contributed by atoms with E-state index < -0.39 is 5.82 Å². The van der Waals surface area contributed by atoms with Crippen molar-refractivity contribution in [3.05, 3.63) is 30.1 Å². The minimum absolute atomic E-state index is 0.0130. The lowest BCUT2D eigenvalue weighted by Crippen LogP contribution is -2.36. The summed E-state index contributed by atoms with van der Waals surface area (Å²) >= 11 is 0. The summed E-state index contributed by atoms with van der Waals surface area (Å²) < 4.78 is 13.4. The molecule has 0 aliphatic heterocycles. The molecule has 1 aromatic rings. The molecular weight excluding hydrogens is 259 g/mol. The van der Waals surface area contributed by atoms with Crippen molar-refractivity contribution in [1.82, 2.24) is 4.90 Å². The zero-order valence-electron chi connectivity index (χ0n) is 11.9. The van der Waals surface area contributed by atoms with Gasteiger partial charge >= 0.3 is 0 Å². The van der Waals surface area contributed by atoms with Crippen LogP contribution in [0.4, 0.5) is 10.1 Å². The van der Waals surface area contributed by atoms with Gasteiger partial charge in [-0.05, 0) is 25.1 Å². The second-order valence-corrected chi connectivity index (χ2v) is 4.73. The first-order valence-corrected chi connectivity index (χ1v) is 7.05. The maximum atomic E-state index is 13.4. The fourth-order valence-electron chi connectivity index (χ4n) is 1.95. The number of hydrogen-bond acceptors (Lipinski definition) is 3. The third-order valence-electron chi connectivity index (χ3n) is 3.01. The van der Waals surface area contributed by atoms with Gasteiger partial charge in [0, 0.05) is 6.54 Å². The summed E-state index contributed by atoms with van der Waals surface area (Å²) in [7, 11) is 0. The van der Waals surface area contributed by atoms with E-state index in [1.807, 2.05) is 4.90 Å². The van der Waals surface area contributed by atoms with E-state index in [1.165, 1.54) is 12.1 Å². The first-order chi connectivity index (χ1) is 9.67. The Balaban J connectivity index is 2.46. The largest absolute Gasteiger partial charge is 0.395 e. The quantitative estimate of drug-likeness (QED) is 0.683. The van der Waals surface area contributed by atoms with Crippen LogP contribution in [0, 0.1) is 5.82 Å². The van der Waals surface area contributed by atoms with Gasteiger partial charge in [-0.3, -0.25) is 9.69 Å². The Morgan fingerprint density at radius 3 is 2.70 bits per heavy atom. The number of nitrogens with one attached hydrogen (secondary N) is 1. The third kappa shape index (κ3) is 6.12. The molecule has 1 amide bonds. The van der Waals surface area contributed by atoms with E-state index in [0.717, 1.165) is 25.8 Å². The van der Waals surface area contributed by atoms with Gasteiger partial charge in [-0.2, -0.15) is 0 Å². The summed E-state index contributed by atoms with van der Waals surface area (Å²) in [6.07, 6.45) is 3.19. The van der Waals surface area contributed by atoms with Gasteiger partial charge in [0.25, 0.3) is 0 Å². The summed E-state index contributed by atoms with van der Waals surface area (Å²) in [6, 6.07) is 6.09. The molecule has 0 fully saturated rings. The van der Waals surface area contributed by atoms with Crippen molar-refractivity contribution >= 4 is 11.6 Å². The van der Waals surface area contributed by atoms with Gasteiger partial charge < -0.3 is 10.4 Å². The van der Waals surface area contributed by atoms with Crippen molar-refractivity contribution < 1.29 is 14.3 Å². The molecule has 0 saturated carbocycles. The number of carbonyl (C=O) groups excluding carboxylic acids is 1. The zero-order valence-corrected chi connectivity index (χ0v) is 11.9. The van der Waals surface area contributed by atoms with Crippen LogP contribution in [0.15, 0.2) is 24.3 Å². The van der Waals surface area contributed by atoms with Crippen LogP contribution in [0.3, 0.4) is 0 Å². The molecule has 1 aromatic carbocycles. The van der Waals surface area contributed by atoms with E-state index in [2.05, 4.69) is 12.2 Å². The summed E-state index contributed by atoms with van der Waals surface area (Å²) in [4.78, 5) is 13.8. The summed E-state index contributed by atoms with van der Waals surface area (Å²) in [6.45, 7) is 3.51. The number of unbranched alkanes of at least 4 members (excludes halogenated alkanes) is 2. The topological polar surface area (TPSA) is 52.6 Å². The minimum atomic E-state index is -0.444.